The van der Waals surface area contributed by atoms with Gasteiger partial charge in [-0.1, -0.05) is 59.6 Å². The third-order valence-electron chi connectivity index (χ3n) is 4.22. The zero-order valence-electron chi connectivity index (χ0n) is 16.6. The first-order valence-electron chi connectivity index (χ1n) is 9.16. The number of nitrogens with one attached hydrogen (secondary N) is 1. The van der Waals surface area contributed by atoms with E-state index in [4.69, 9.17) is 23.2 Å². The molecule has 1 atom stereocenters. The normalized spacial score (nSPS) is 12.4. The summed E-state index contributed by atoms with van der Waals surface area (Å²) in [5, 5.41) is 3.93. The molecular weight excluding hydrogens is 395 g/mol. The van der Waals surface area contributed by atoms with Crippen molar-refractivity contribution in [3.63, 3.8) is 0 Å². The number of rotatable bonds is 6. The maximum absolute atomic E-state index is 13.1. The second kappa shape index (κ2) is 9.44. The summed E-state index contributed by atoms with van der Waals surface area (Å²) >= 11 is 12.3. The lowest BCUT2D eigenvalue weighted by Gasteiger charge is -2.31. The molecule has 0 radical (unpaired) electrons. The van der Waals surface area contributed by atoms with E-state index in [-0.39, 0.29) is 24.8 Å². The monoisotopic (exact) mass is 420 g/mol. The molecule has 0 saturated carbocycles. The average Bonchev–Trinajstić information content (AvgIpc) is 2.60. The quantitative estimate of drug-likeness (QED) is 0.724. The Morgan fingerprint density at radius 1 is 1.07 bits per heavy atom. The van der Waals surface area contributed by atoms with Crippen LogP contribution < -0.4 is 5.32 Å². The summed E-state index contributed by atoms with van der Waals surface area (Å²) in [5.74, 6) is -0.354. The Labute approximate surface area is 176 Å². The van der Waals surface area contributed by atoms with Gasteiger partial charge in [0.05, 0.1) is 6.42 Å². The molecule has 0 bridgehead atoms. The van der Waals surface area contributed by atoms with Crippen LogP contribution in [0.25, 0.3) is 0 Å². The minimum atomic E-state index is -0.651. The van der Waals surface area contributed by atoms with Gasteiger partial charge in [0, 0.05) is 22.1 Å². The molecule has 0 spiro atoms. The molecule has 150 valence electrons. The summed E-state index contributed by atoms with van der Waals surface area (Å²) in [6.45, 7) is 7.67. The molecule has 28 heavy (non-hydrogen) atoms. The molecule has 0 aliphatic carbocycles. The molecule has 0 fully saturated rings. The van der Waals surface area contributed by atoms with Crippen molar-refractivity contribution in [2.75, 3.05) is 0 Å². The number of carbonyl (C=O) groups excluding carboxylic acids is 2. The van der Waals surface area contributed by atoms with Gasteiger partial charge in [0.2, 0.25) is 11.8 Å². The highest BCUT2D eigenvalue weighted by Crippen LogP contribution is 2.23. The zero-order valence-corrected chi connectivity index (χ0v) is 18.1. The third kappa shape index (κ3) is 6.54. The third-order valence-corrected chi connectivity index (χ3v) is 4.81. The van der Waals surface area contributed by atoms with Gasteiger partial charge in [0.15, 0.2) is 0 Å². The molecule has 0 aromatic heterocycles. The van der Waals surface area contributed by atoms with Gasteiger partial charge in [-0.05, 0) is 51.0 Å². The SMILES string of the molecule is C[C@@H](C(=O)NC(C)(C)C)N(Cc1ccc(Cl)cc1Cl)C(=O)Cc1ccccc1. The smallest absolute Gasteiger partial charge is 0.242 e. The van der Waals surface area contributed by atoms with E-state index in [2.05, 4.69) is 5.32 Å². The Bertz CT molecular complexity index is 832. The van der Waals surface area contributed by atoms with Crippen LogP contribution in [0.5, 0.6) is 0 Å². The second-order valence-corrected chi connectivity index (χ2v) is 8.68. The molecule has 4 nitrogen and oxygen atoms in total. The van der Waals surface area contributed by atoms with Crippen molar-refractivity contribution in [3.8, 4) is 0 Å². The fourth-order valence-corrected chi connectivity index (χ4v) is 3.23. The summed E-state index contributed by atoms with van der Waals surface area (Å²) < 4.78 is 0. The van der Waals surface area contributed by atoms with E-state index in [0.717, 1.165) is 11.1 Å². The molecule has 0 saturated heterocycles. The summed E-state index contributed by atoms with van der Waals surface area (Å²) in [7, 11) is 0. The van der Waals surface area contributed by atoms with Gasteiger partial charge in [-0.2, -0.15) is 0 Å². The van der Waals surface area contributed by atoms with E-state index in [1.54, 1.807) is 30.0 Å². The molecule has 2 rings (SSSR count). The molecule has 0 aliphatic heterocycles. The maximum Gasteiger partial charge on any atom is 0.242 e. The summed E-state index contributed by atoms with van der Waals surface area (Å²) in [4.78, 5) is 27.4. The number of hydrogen-bond acceptors (Lipinski definition) is 2. The summed E-state index contributed by atoms with van der Waals surface area (Å²) in [6, 6.07) is 14.0. The van der Waals surface area contributed by atoms with Crippen LogP contribution in [0.3, 0.4) is 0 Å². The molecule has 6 heteroatoms. The lowest BCUT2D eigenvalue weighted by Crippen LogP contribution is -2.52. The molecule has 0 aliphatic rings. The number of amides is 2. The van der Waals surface area contributed by atoms with Crippen LogP contribution in [-0.2, 0) is 22.6 Å². The van der Waals surface area contributed by atoms with Crippen molar-refractivity contribution in [2.45, 2.75) is 52.2 Å². The van der Waals surface area contributed by atoms with Crippen molar-refractivity contribution in [1.82, 2.24) is 10.2 Å². The highest BCUT2D eigenvalue weighted by Gasteiger charge is 2.28. The van der Waals surface area contributed by atoms with E-state index < -0.39 is 11.6 Å². The molecule has 2 aromatic rings. The van der Waals surface area contributed by atoms with Crippen LogP contribution in [-0.4, -0.2) is 28.3 Å². The number of nitrogens with zero attached hydrogens (tertiary/aromatic N) is 1. The molecular formula is C22H26Cl2N2O2. The first-order chi connectivity index (χ1) is 13.1. The molecule has 0 unspecified atom stereocenters. The summed E-state index contributed by atoms with van der Waals surface area (Å²) in [6.07, 6.45) is 0.208. The largest absolute Gasteiger partial charge is 0.350 e. The Hall–Kier alpha value is -2.04. The van der Waals surface area contributed by atoms with Gasteiger partial charge in [0.25, 0.3) is 0 Å². The molecule has 2 amide bonds. The van der Waals surface area contributed by atoms with Gasteiger partial charge in [-0.3, -0.25) is 9.59 Å². The van der Waals surface area contributed by atoms with Crippen molar-refractivity contribution < 1.29 is 9.59 Å². The van der Waals surface area contributed by atoms with Crippen LogP contribution in [0.2, 0.25) is 10.0 Å². The van der Waals surface area contributed by atoms with Gasteiger partial charge in [0.1, 0.15) is 6.04 Å². The van der Waals surface area contributed by atoms with Crippen molar-refractivity contribution in [2.24, 2.45) is 0 Å². The first-order valence-corrected chi connectivity index (χ1v) is 9.92. The predicted octanol–water partition coefficient (Wildman–Crippen LogP) is 4.87. The van der Waals surface area contributed by atoms with Crippen LogP contribution in [0.15, 0.2) is 48.5 Å². The Balaban J connectivity index is 2.28. The minimum absolute atomic E-state index is 0.145. The lowest BCUT2D eigenvalue weighted by molar-refractivity contribution is -0.140. The topological polar surface area (TPSA) is 49.4 Å². The van der Waals surface area contributed by atoms with E-state index in [0.29, 0.717) is 10.0 Å². The van der Waals surface area contributed by atoms with Crippen LogP contribution in [0.1, 0.15) is 38.8 Å². The van der Waals surface area contributed by atoms with Crippen molar-refractivity contribution in [1.29, 1.82) is 0 Å². The highest BCUT2D eigenvalue weighted by molar-refractivity contribution is 6.35. The van der Waals surface area contributed by atoms with Gasteiger partial charge >= 0.3 is 0 Å². The first kappa shape index (κ1) is 22.3. The van der Waals surface area contributed by atoms with Gasteiger partial charge in [-0.15, -0.1) is 0 Å². The molecule has 0 heterocycles. The van der Waals surface area contributed by atoms with Crippen molar-refractivity contribution >= 4 is 35.0 Å². The van der Waals surface area contributed by atoms with Crippen molar-refractivity contribution in [3.05, 3.63) is 69.7 Å². The highest BCUT2D eigenvalue weighted by atomic mass is 35.5. The number of halogens is 2. The second-order valence-electron chi connectivity index (χ2n) is 7.83. The standard InChI is InChI=1S/C22H26Cl2N2O2/c1-15(21(28)25-22(2,3)4)26(14-17-10-11-18(23)13-19(17)24)20(27)12-16-8-6-5-7-9-16/h5-11,13,15H,12,14H2,1-4H3,(H,25,28)/t15-/m0/s1. The lowest BCUT2D eigenvalue weighted by atomic mass is 10.1. The van der Waals surface area contributed by atoms with E-state index in [1.807, 2.05) is 51.1 Å². The van der Waals surface area contributed by atoms with Gasteiger partial charge < -0.3 is 10.2 Å². The van der Waals surface area contributed by atoms with E-state index >= 15 is 0 Å². The predicted molar refractivity (Wildman–Crippen MR) is 115 cm³/mol. The fraction of sp³-hybridized carbons (Fsp3) is 0.364. The Morgan fingerprint density at radius 3 is 2.29 bits per heavy atom. The fourth-order valence-electron chi connectivity index (χ4n) is 2.76. The van der Waals surface area contributed by atoms with Crippen LogP contribution in [0.4, 0.5) is 0 Å². The summed E-state index contributed by atoms with van der Waals surface area (Å²) in [5.41, 5.74) is 1.24. The minimum Gasteiger partial charge on any atom is -0.350 e. The maximum atomic E-state index is 13.1. The molecule has 1 N–H and O–H groups in total. The Morgan fingerprint density at radius 2 is 1.71 bits per heavy atom. The van der Waals surface area contributed by atoms with Gasteiger partial charge in [-0.25, -0.2) is 0 Å². The Kier molecular flexibility index (Phi) is 7.50. The number of carbonyl (C=O) groups is 2. The number of hydrogen-bond donors (Lipinski definition) is 1. The van der Waals surface area contributed by atoms with E-state index in [1.165, 1.54) is 0 Å². The number of benzene rings is 2. The van der Waals surface area contributed by atoms with E-state index in [9.17, 15) is 9.59 Å². The van der Waals surface area contributed by atoms with Crippen LogP contribution >= 0.6 is 23.2 Å². The van der Waals surface area contributed by atoms with Crippen LogP contribution in [0, 0.1) is 0 Å². The average molecular weight is 421 g/mol. The molecule has 2 aromatic carbocycles. The zero-order chi connectivity index (χ0) is 20.9.